The normalized spacial score (nSPS) is 15.4. The highest BCUT2D eigenvalue weighted by Gasteiger charge is 2.28. The quantitative estimate of drug-likeness (QED) is 0.512. The Morgan fingerprint density at radius 3 is 2.43 bits per heavy atom. The number of carbonyl (C=O) groups is 3. The van der Waals surface area contributed by atoms with Gasteiger partial charge in [0.05, 0.1) is 5.92 Å². The van der Waals surface area contributed by atoms with Gasteiger partial charge in [-0.15, -0.1) is 0 Å². The topological polar surface area (TPSA) is 78.5 Å². The molecule has 3 amide bonds. The van der Waals surface area contributed by atoms with Gasteiger partial charge in [-0.2, -0.15) is 0 Å². The Hall–Kier alpha value is -3.71. The van der Waals surface area contributed by atoms with Gasteiger partial charge in [0.15, 0.2) is 0 Å². The molecule has 0 bridgehead atoms. The van der Waals surface area contributed by atoms with Gasteiger partial charge >= 0.3 is 0 Å². The van der Waals surface area contributed by atoms with Gasteiger partial charge in [-0.1, -0.05) is 23.7 Å². The van der Waals surface area contributed by atoms with Crippen molar-refractivity contribution in [1.82, 2.24) is 10.2 Å². The van der Waals surface area contributed by atoms with Crippen LogP contribution in [0.1, 0.15) is 39.1 Å². The summed E-state index contributed by atoms with van der Waals surface area (Å²) in [6.45, 7) is 1.27. The Labute approximate surface area is 208 Å². The van der Waals surface area contributed by atoms with Crippen molar-refractivity contribution in [3.8, 4) is 0 Å². The molecule has 1 aliphatic rings. The van der Waals surface area contributed by atoms with Gasteiger partial charge in [0, 0.05) is 41.5 Å². The Kier molecular flexibility index (Phi) is 7.77. The second-order valence-corrected chi connectivity index (χ2v) is 8.91. The van der Waals surface area contributed by atoms with Crippen LogP contribution in [0.15, 0.2) is 72.8 Å². The minimum Gasteiger partial charge on any atom is -0.352 e. The van der Waals surface area contributed by atoms with Crippen LogP contribution in [0.5, 0.6) is 0 Å². The first-order valence-electron chi connectivity index (χ1n) is 11.4. The number of nitrogens with one attached hydrogen (secondary N) is 2. The molecule has 0 aliphatic carbocycles. The van der Waals surface area contributed by atoms with Crippen molar-refractivity contribution in [2.24, 2.45) is 5.92 Å². The third-order valence-electron chi connectivity index (χ3n) is 5.93. The molecule has 1 saturated heterocycles. The molecule has 1 unspecified atom stereocenters. The molecule has 3 aromatic carbocycles. The number of halogens is 2. The average Bonchev–Trinajstić information content (AvgIpc) is 2.88. The maximum Gasteiger partial charge on any atom is 0.255 e. The van der Waals surface area contributed by atoms with Crippen LogP contribution in [0.4, 0.5) is 10.1 Å². The number of anilines is 1. The summed E-state index contributed by atoms with van der Waals surface area (Å²) in [5.74, 6) is -1.27. The maximum atomic E-state index is 13.1. The molecule has 180 valence electrons. The molecular weight excluding hydrogens is 469 g/mol. The van der Waals surface area contributed by atoms with Crippen LogP contribution in [0.2, 0.25) is 5.02 Å². The standard InChI is InChI=1S/C27H25ClFN3O3/c28-22-10-6-20(7-11-22)27(35)32-14-2-4-21(17-32)25(33)30-16-18-3-1-5-24(15-18)31-26(34)19-8-12-23(29)13-9-19/h1,3,5-13,15,21H,2,4,14,16-17H2,(H,30,33)(H,31,34). The van der Waals surface area contributed by atoms with Gasteiger partial charge in [-0.3, -0.25) is 14.4 Å². The van der Waals surface area contributed by atoms with Crippen LogP contribution in [-0.4, -0.2) is 35.7 Å². The first-order chi connectivity index (χ1) is 16.9. The third kappa shape index (κ3) is 6.45. The summed E-state index contributed by atoms with van der Waals surface area (Å²) in [5.41, 5.74) is 2.29. The Morgan fingerprint density at radius 2 is 1.69 bits per heavy atom. The Bertz CT molecular complexity index is 1220. The van der Waals surface area contributed by atoms with Crippen LogP contribution in [-0.2, 0) is 11.3 Å². The molecule has 0 saturated carbocycles. The fraction of sp³-hybridized carbons (Fsp3) is 0.222. The summed E-state index contributed by atoms with van der Waals surface area (Å²) in [4.78, 5) is 39.7. The molecule has 0 aromatic heterocycles. The predicted molar refractivity (Wildman–Crippen MR) is 133 cm³/mol. The van der Waals surface area contributed by atoms with E-state index in [1.54, 1.807) is 47.4 Å². The molecule has 0 spiro atoms. The summed E-state index contributed by atoms with van der Waals surface area (Å²) in [7, 11) is 0. The van der Waals surface area contributed by atoms with Crippen molar-refractivity contribution >= 4 is 35.0 Å². The van der Waals surface area contributed by atoms with Crippen LogP contribution < -0.4 is 10.6 Å². The van der Waals surface area contributed by atoms with Gasteiger partial charge in [0.25, 0.3) is 11.8 Å². The molecule has 1 heterocycles. The molecule has 2 N–H and O–H groups in total. The molecule has 35 heavy (non-hydrogen) atoms. The zero-order valence-electron chi connectivity index (χ0n) is 19.0. The number of rotatable bonds is 6. The molecule has 1 aliphatic heterocycles. The second-order valence-electron chi connectivity index (χ2n) is 8.48. The number of likely N-dealkylation sites (tertiary alicyclic amines) is 1. The SMILES string of the molecule is O=C(Nc1cccc(CNC(=O)C2CCCN(C(=O)c3ccc(Cl)cc3)C2)c1)c1ccc(F)cc1. The highest BCUT2D eigenvalue weighted by Crippen LogP contribution is 2.20. The Morgan fingerprint density at radius 1 is 0.971 bits per heavy atom. The third-order valence-corrected chi connectivity index (χ3v) is 6.18. The van der Waals surface area contributed by atoms with E-state index in [0.29, 0.717) is 47.9 Å². The molecule has 8 heteroatoms. The number of amides is 3. The fourth-order valence-corrected chi connectivity index (χ4v) is 4.17. The summed E-state index contributed by atoms with van der Waals surface area (Å²) >= 11 is 5.91. The molecule has 1 fully saturated rings. The van der Waals surface area contributed by atoms with E-state index in [1.807, 2.05) is 6.07 Å². The lowest BCUT2D eigenvalue weighted by Crippen LogP contribution is -2.45. The minimum absolute atomic E-state index is 0.108. The summed E-state index contributed by atoms with van der Waals surface area (Å²) in [5, 5.41) is 6.29. The summed E-state index contributed by atoms with van der Waals surface area (Å²) in [6.07, 6.45) is 1.46. The first kappa shape index (κ1) is 24.4. The lowest BCUT2D eigenvalue weighted by atomic mass is 9.96. The largest absolute Gasteiger partial charge is 0.352 e. The van der Waals surface area contributed by atoms with Crippen molar-refractivity contribution in [3.63, 3.8) is 0 Å². The van der Waals surface area contributed by atoms with Gasteiger partial charge in [-0.05, 0) is 79.1 Å². The van der Waals surface area contributed by atoms with E-state index >= 15 is 0 Å². The zero-order valence-corrected chi connectivity index (χ0v) is 19.7. The number of piperidine rings is 1. The van der Waals surface area contributed by atoms with Crippen molar-refractivity contribution in [2.45, 2.75) is 19.4 Å². The molecule has 4 rings (SSSR count). The molecular formula is C27H25ClFN3O3. The number of nitrogens with zero attached hydrogens (tertiary/aromatic N) is 1. The van der Waals surface area contributed by atoms with E-state index < -0.39 is 5.82 Å². The number of benzene rings is 3. The highest BCUT2D eigenvalue weighted by atomic mass is 35.5. The number of carbonyl (C=O) groups excluding carboxylic acids is 3. The smallest absolute Gasteiger partial charge is 0.255 e. The van der Waals surface area contributed by atoms with E-state index in [0.717, 1.165) is 12.0 Å². The van der Waals surface area contributed by atoms with Crippen molar-refractivity contribution < 1.29 is 18.8 Å². The molecule has 6 nitrogen and oxygen atoms in total. The molecule has 0 radical (unpaired) electrons. The van der Waals surface area contributed by atoms with E-state index in [2.05, 4.69) is 10.6 Å². The lowest BCUT2D eigenvalue weighted by molar-refractivity contribution is -0.126. The van der Waals surface area contributed by atoms with Crippen LogP contribution in [0, 0.1) is 11.7 Å². The molecule has 1 atom stereocenters. The fourth-order valence-electron chi connectivity index (χ4n) is 4.05. The first-order valence-corrected chi connectivity index (χ1v) is 11.8. The van der Waals surface area contributed by atoms with Gasteiger partial charge in [0.1, 0.15) is 5.82 Å². The zero-order chi connectivity index (χ0) is 24.8. The lowest BCUT2D eigenvalue weighted by Gasteiger charge is -2.32. The monoisotopic (exact) mass is 493 g/mol. The van der Waals surface area contributed by atoms with E-state index in [4.69, 9.17) is 11.6 Å². The summed E-state index contributed by atoms with van der Waals surface area (Å²) < 4.78 is 13.1. The van der Waals surface area contributed by atoms with Gasteiger partial charge in [0.2, 0.25) is 5.91 Å². The van der Waals surface area contributed by atoms with Crippen molar-refractivity contribution in [3.05, 3.63) is 100 Å². The van der Waals surface area contributed by atoms with Crippen LogP contribution >= 0.6 is 11.6 Å². The second kappa shape index (κ2) is 11.1. The van der Waals surface area contributed by atoms with Crippen LogP contribution in [0.3, 0.4) is 0 Å². The van der Waals surface area contributed by atoms with E-state index in [9.17, 15) is 18.8 Å². The number of hydrogen-bond acceptors (Lipinski definition) is 3. The van der Waals surface area contributed by atoms with E-state index in [1.165, 1.54) is 24.3 Å². The van der Waals surface area contributed by atoms with Crippen molar-refractivity contribution in [2.75, 3.05) is 18.4 Å². The van der Waals surface area contributed by atoms with Gasteiger partial charge < -0.3 is 15.5 Å². The average molecular weight is 494 g/mol. The highest BCUT2D eigenvalue weighted by molar-refractivity contribution is 6.30. The van der Waals surface area contributed by atoms with Crippen LogP contribution in [0.25, 0.3) is 0 Å². The molecule has 3 aromatic rings. The number of hydrogen-bond donors (Lipinski definition) is 2. The summed E-state index contributed by atoms with van der Waals surface area (Å²) in [6, 6.07) is 19.2. The maximum absolute atomic E-state index is 13.1. The predicted octanol–water partition coefficient (Wildman–Crippen LogP) is 4.90. The van der Waals surface area contributed by atoms with E-state index in [-0.39, 0.29) is 23.6 Å². The van der Waals surface area contributed by atoms with Gasteiger partial charge in [-0.25, -0.2) is 4.39 Å². The van der Waals surface area contributed by atoms with Crippen molar-refractivity contribution in [1.29, 1.82) is 0 Å². The Balaban J connectivity index is 1.31. The minimum atomic E-state index is -0.408.